The summed E-state index contributed by atoms with van der Waals surface area (Å²) in [5.41, 5.74) is 0. The Kier molecular flexibility index (Phi) is 3.58. The van der Waals surface area contributed by atoms with Crippen molar-refractivity contribution in [1.82, 2.24) is 10.0 Å². The van der Waals surface area contributed by atoms with Crippen LogP contribution in [0.3, 0.4) is 0 Å². The Morgan fingerprint density at radius 1 is 1.12 bits per heavy atom. The van der Waals surface area contributed by atoms with Crippen LogP contribution in [0.15, 0.2) is 35.2 Å². The summed E-state index contributed by atoms with van der Waals surface area (Å²) in [6.45, 7) is 1.13. The second kappa shape index (κ2) is 4.95. The Balaban J connectivity index is 1.82. The maximum atomic E-state index is 11.8. The molecule has 0 unspecified atom stereocenters. The third kappa shape index (κ3) is 3.30. The van der Waals surface area contributed by atoms with Crippen LogP contribution in [0.1, 0.15) is 12.8 Å². The zero-order chi connectivity index (χ0) is 11.4. The molecule has 1 aliphatic carbocycles. The number of hydrogen-bond donors (Lipinski definition) is 2. The number of sulfonamides is 1. The van der Waals surface area contributed by atoms with E-state index < -0.39 is 10.0 Å². The number of nitrogens with one attached hydrogen (secondary N) is 2. The monoisotopic (exact) mass is 240 g/mol. The van der Waals surface area contributed by atoms with E-state index in [-0.39, 0.29) is 0 Å². The van der Waals surface area contributed by atoms with Crippen LogP contribution in [0.5, 0.6) is 0 Å². The van der Waals surface area contributed by atoms with Crippen molar-refractivity contribution in [3.05, 3.63) is 30.3 Å². The lowest BCUT2D eigenvalue weighted by Crippen LogP contribution is -2.32. The van der Waals surface area contributed by atoms with E-state index in [4.69, 9.17) is 0 Å². The lowest BCUT2D eigenvalue weighted by atomic mass is 10.4. The molecule has 1 aromatic carbocycles. The van der Waals surface area contributed by atoms with Gasteiger partial charge >= 0.3 is 0 Å². The van der Waals surface area contributed by atoms with Crippen LogP contribution in [0, 0.1) is 0 Å². The van der Waals surface area contributed by atoms with Crippen LogP contribution in [0.25, 0.3) is 0 Å². The van der Waals surface area contributed by atoms with Crippen LogP contribution in [0.4, 0.5) is 0 Å². The molecule has 88 valence electrons. The van der Waals surface area contributed by atoms with Gasteiger partial charge in [-0.25, -0.2) is 13.1 Å². The van der Waals surface area contributed by atoms with Crippen molar-refractivity contribution < 1.29 is 8.42 Å². The SMILES string of the molecule is O=S(=O)(NCCNC1CC1)c1ccccc1. The Hall–Kier alpha value is -0.910. The molecule has 1 saturated carbocycles. The van der Waals surface area contributed by atoms with E-state index in [9.17, 15) is 8.42 Å². The molecule has 1 fully saturated rings. The van der Waals surface area contributed by atoms with Crippen molar-refractivity contribution in [2.45, 2.75) is 23.8 Å². The minimum Gasteiger partial charge on any atom is -0.313 e. The van der Waals surface area contributed by atoms with Gasteiger partial charge in [0.25, 0.3) is 0 Å². The second-order valence-corrected chi connectivity index (χ2v) is 5.71. The third-order valence-electron chi connectivity index (χ3n) is 2.48. The number of hydrogen-bond acceptors (Lipinski definition) is 3. The minimum absolute atomic E-state index is 0.321. The van der Waals surface area contributed by atoms with Gasteiger partial charge in [0.2, 0.25) is 10.0 Å². The molecule has 2 rings (SSSR count). The fraction of sp³-hybridized carbons (Fsp3) is 0.455. The fourth-order valence-electron chi connectivity index (χ4n) is 1.43. The van der Waals surface area contributed by atoms with Crippen LogP contribution in [0.2, 0.25) is 0 Å². The van der Waals surface area contributed by atoms with Crippen molar-refractivity contribution in [3.63, 3.8) is 0 Å². The molecule has 0 aliphatic heterocycles. The van der Waals surface area contributed by atoms with Crippen molar-refractivity contribution in [3.8, 4) is 0 Å². The maximum Gasteiger partial charge on any atom is 0.240 e. The molecule has 0 atom stereocenters. The molecule has 5 heteroatoms. The molecule has 0 amide bonds. The van der Waals surface area contributed by atoms with Gasteiger partial charge in [0.1, 0.15) is 0 Å². The van der Waals surface area contributed by atoms with Gasteiger partial charge < -0.3 is 5.32 Å². The molecule has 4 nitrogen and oxygen atoms in total. The standard InChI is InChI=1S/C11H16N2O2S/c14-16(15,11-4-2-1-3-5-11)13-9-8-12-10-6-7-10/h1-5,10,12-13H,6-9H2. The lowest BCUT2D eigenvalue weighted by Gasteiger charge is -2.06. The van der Waals surface area contributed by atoms with E-state index in [1.807, 2.05) is 0 Å². The van der Waals surface area contributed by atoms with Gasteiger partial charge in [-0.15, -0.1) is 0 Å². The van der Waals surface area contributed by atoms with Gasteiger partial charge in [-0.2, -0.15) is 0 Å². The first kappa shape index (κ1) is 11.6. The normalized spacial score (nSPS) is 16.2. The number of benzene rings is 1. The summed E-state index contributed by atoms with van der Waals surface area (Å²) in [5, 5.41) is 3.25. The van der Waals surface area contributed by atoms with Gasteiger partial charge in [0, 0.05) is 19.1 Å². The van der Waals surface area contributed by atoms with Crippen molar-refractivity contribution >= 4 is 10.0 Å². The van der Waals surface area contributed by atoms with E-state index in [1.54, 1.807) is 30.3 Å². The molecule has 0 radical (unpaired) electrons. The van der Waals surface area contributed by atoms with Crippen LogP contribution < -0.4 is 10.0 Å². The highest BCUT2D eigenvalue weighted by Gasteiger charge is 2.20. The van der Waals surface area contributed by atoms with Crippen molar-refractivity contribution in [2.24, 2.45) is 0 Å². The highest BCUT2D eigenvalue weighted by Crippen LogP contribution is 2.17. The molecule has 0 heterocycles. The van der Waals surface area contributed by atoms with Gasteiger partial charge in [0.05, 0.1) is 4.90 Å². The lowest BCUT2D eigenvalue weighted by molar-refractivity contribution is 0.575. The first-order valence-corrected chi connectivity index (χ1v) is 6.95. The van der Waals surface area contributed by atoms with Crippen molar-refractivity contribution in [2.75, 3.05) is 13.1 Å². The fourth-order valence-corrected chi connectivity index (χ4v) is 2.49. The Morgan fingerprint density at radius 3 is 2.44 bits per heavy atom. The van der Waals surface area contributed by atoms with E-state index in [1.165, 1.54) is 12.8 Å². The highest BCUT2D eigenvalue weighted by molar-refractivity contribution is 7.89. The average Bonchev–Trinajstić information content (AvgIpc) is 3.10. The van der Waals surface area contributed by atoms with E-state index in [2.05, 4.69) is 10.0 Å². The number of rotatable bonds is 6. The maximum absolute atomic E-state index is 11.8. The summed E-state index contributed by atoms with van der Waals surface area (Å²) in [7, 11) is -3.33. The molecule has 2 N–H and O–H groups in total. The topological polar surface area (TPSA) is 58.2 Å². The van der Waals surface area contributed by atoms with Crippen molar-refractivity contribution in [1.29, 1.82) is 0 Å². The second-order valence-electron chi connectivity index (χ2n) is 3.94. The predicted molar refractivity (Wildman–Crippen MR) is 62.7 cm³/mol. The molecule has 0 aromatic heterocycles. The summed E-state index contributed by atoms with van der Waals surface area (Å²) in [6.07, 6.45) is 2.43. The van der Waals surface area contributed by atoms with Gasteiger partial charge in [-0.05, 0) is 25.0 Å². The Bertz CT molecular complexity index is 427. The quantitative estimate of drug-likeness (QED) is 0.720. The summed E-state index contributed by atoms with van der Waals surface area (Å²) in [5.74, 6) is 0. The zero-order valence-corrected chi connectivity index (χ0v) is 9.83. The van der Waals surface area contributed by atoms with Crippen LogP contribution in [-0.4, -0.2) is 27.5 Å². The Morgan fingerprint density at radius 2 is 1.81 bits per heavy atom. The summed E-state index contributed by atoms with van der Waals surface area (Å²) < 4.78 is 26.1. The van der Waals surface area contributed by atoms with Gasteiger partial charge in [-0.3, -0.25) is 0 Å². The largest absolute Gasteiger partial charge is 0.313 e. The smallest absolute Gasteiger partial charge is 0.240 e. The molecule has 0 bridgehead atoms. The molecule has 0 spiro atoms. The minimum atomic E-state index is -3.33. The first-order chi connectivity index (χ1) is 7.68. The van der Waals surface area contributed by atoms with Gasteiger partial charge in [-0.1, -0.05) is 18.2 Å². The summed E-state index contributed by atoms with van der Waals surface area (Å²) >= 11 is 0. The third-order valence-corrected chi connectivity index (χ3v) is 3.96. The van der Waals surface area contributed by atoms with E-state index in [0.717, 1.165) is 0 Å². The summed E-state index contributed by atoms with van der Waals surface area (Å²) in [4.78, 5) is 0.321. The zero-order valence-electron chi connectivity index (χ0n) is 9.02. The molecule has 0 saturated heterocycles. The van der Waals surface area contributed by atoms with E-state index >= 15 is 0 Å². The first-order valence-electron chi connectivity index (χ1n) is 5.46. The average molecular weight is 240 g/mol. The van der Waals surface area contributed by atoms with Crippen LogP contribution >= 0.6 is 0 Å². The molecule has 16 heavy (non-hydrogen) atoms. The predicted octanol–water partition coefficient (Wildman–Crippen LogP) is 0.717. The van der Waals surface area contributed by atoms with Gasteiger partial charge in [0.15, 0.2) is 0 Å². The molecular weight excluding hydrogens is 224 g/mol. The van der Waals surface area contributed by atoms with E-state index in [0.29, 0.717) is 24.0 Å². The molecule has 1 aliphatic rings. The highest BCUT2D eigenvalue weighted by atomic mass is 32.2. The molecule has 1 aromatic rings. The van der Waals surface area contributed by atoms with Crippen LogP contribution in [-0.2, 0) is 10.0 Å². The molecular formula is C11H16N2O2S. The summed E-state index contributed by atoms with van der Waals surface area (Å²) in [6, 6.07) is 9.04. The Labute approximate surface area is 96.1 Å².